The van der Waals surface area contributed by atoms with Gasteiger partial charge in [0.05, 0.1) is 12.6 Å². The molecule has 1 fully saturated rings. The van der Waals surface area contributed by atoms with Crippen LogP contribution in [-0.4, -0.2) is 32.4 Å². The van der Waals surface area contributed by atoms with Crippen molar-refractivity contribution >= 4 is 5.69 Å². The molecule has 0 amide bonds. The summed E-state index contributed by atoms with van der Waals surface area (Å²) in [6.45, 7) is 2.84. The lowest BCUT2D eigenvalue weighted by Crippen LogP contribution is -2.43. The molecule has 5 heteroatoms. The molecule has 5 nitrogen and oxygen atoms in total. The normalized spacial score (nSPS) is 22.4. The Labute approximate surface area is 113 Å². The average molecular weight is 264 g/mol. The molecule has 1 saturated heterocycles. The maximum Gasteiger partial charge on any atom is 0.163 e. The van der Waals surface area contributed by atoms with Gasteiger partial charge >= 0.3 is 0 Å². The highest BCUT2D eigenvalue weighted by Gasteiger charge is 2.24. The van der Waals surface area contributed by atoms with Crippen molar-refractivity contribution < 1.29 is 14.3 Å². The third kappa shape index (κ3) is 2.62. The number of hydrogen-bond donors (Lipinski definition) is 1. The SMILES string of the molecule is NOCC1CCCCN1c1ccc2c(c1)OCCO2. The number of anilines is 1. The molecule has 2 N–H and O–H groups in total. The van der Waals surface area contributed by atoms with Crippen LogP contribution in [0.15, 0.2) is 18.2 Å². The first-order valence-corrected chi connectivity index (χ1v) is 6.86. The predicted octanol–water partition coefficient (Wildman–Crippen LogP) is 1.71. The molecule has 0 bridgehead atoms. The maximum atomic E-state index is 5.64. The molecule has 0 saturated carbocycles. The first-order chi connectivity index (χ1) is 9.38. The molecule has 19 heavy (non-hydrogen) atoms. The molecule has 0 aromatic heterocycles. The Morgan fingerprint density at radius 2 is 2.05 bits per heavy atom. The largest absolute Gasteiger partial charge is 0.486 e. The lowest BCUT2D eigenvalue weighted by atomic mass is 10.0. The van der Waals surface area contributed by atoms with E-state index >= 15 is 0 Å². The van der Waals surface area contributed by atoms with Gasteiger partial charge in [-0.05, 0) is 31.4 Å². The van der Waals surface area contributed by atoms with Gasteiger partial charge in [0.2, 0.25) is 0 Å². The van der Waals surface area contributed by atoms with Gasteiger partial charge in [0, 0.05) is 18.3 Å². The highest BCUT2D eigenvalue weighted by Crippen LogP contribution is 2.35. The molecule has 1 aromatic rings. The van der Waals surface area contributed by atoms with Crippen molar-refractivity contribution in [1.82, 2.24) is 0 Å². The van der Waals surface area contributed by atoms with Crippen LogP contribution in [0, 0.1) is 0 Å². The van der Waals surface area contributed by atoms with Crippen molar-refractivity contribution in [1.29, 1.82) is 0 Å². The van der Waals surface area contributed by atoms with Gasteiger partial charge in [0.1, 0.15) is 13.2 Å². The van der Waals surface area contributed by atoms with Crippen molar-refractivity contribution in [2.75, 3.05) is 31.3 Å². The molecule has 2 heterocycles. The van der Waals surface area contributed by atoms with Crippen molar-refractivity contribution in [3.05, 3.63) is 18.2 Å². The Morgan fingerprint density at radius 3 is 2.89 bits per heavy atom. The second-order valence-electron chi connectivity index (χ2n) is 5.00. The number of rotatable bonds is 3. The standard InChI is InChI=1S/C14H20N2O3/c15-19-10-12-3-1-2-6-16(12)11-4-5-13-14(9-11)18-8-7-17-13/h4-5,9,12H,1-3,6-8,10,15H2. The van der Waals surface area contributed by atoms with E-state index in [9.17, 15) is 0 Å². The highest BCUT2D eigenvalue weighted by molar-refractivity contribution is 5.57. The Morgan fingerprint density at radius 1 is 1.21 bits per heavy atom. The summed E-state index contributed by atoms with van der Waals surface area (Å²) in [6, 6.07) is 6.48. The summed E-state index contributed by atoms with van der Waals surface area (Å²) in [6.07, 6.45) is 3.55. The quantitative estimate of drug-likeness (QED) is 0.842. The van der Waals surface area contributed by atoms with E-state index in [0.717, 1.165) is 30.2 Å². The number of nitrogens with zero attached hydrogens (tertiary/aromatic N) is 1. The second-order valence-corrected chi connectivity index (χ2v) is 5.00. The fourth-order valence-electron chi connectivity index (χ4n) is 2.84. The van der Waals surface area contributed by atoms with Crippen molar-refractivity contribution in [2.45, 2.75) is 25.3 Å². The lowest BCUT2D eigenvalue weighted by molar-refractivity contribution is 0.114. The van der Waals surface area contributed by atoms with E-state index in [1.54, 1.807) is 0 Å². The van der Waals surface area contributed by atoms with E-state index in [1.165, 1.54) is 12.8 Å². The molecule has 0 aliphatic carbocycles. The van der Waals surface area contributed by atoms with Crippen LogP contribution < -0.4 is 20.3 Å². The van der Waals surface area contributed by atoms with Crippen molar-refractivity contribution in [3.63, 3.8) is 0 Å². The average Bonchev–Trinajstić information content (AvgIpc) is 2.48. The van der Waals surface area contributed by atoms with E-state index in [4.69, 9.17) is 20.2 Å². The molecule has 1 aromatic carbocycles. The van der Waals surface area contributed by atoms with Crippen LogP contribution >= 0.6 is 0 Å². The monoisotopic (exact) mass is 264 g/mol. The fraction of sp³-hybridized carbons (Fsp3) is 0.571. The van der Waals surface area contributed by atoms with E-state index in [0.29, 0.717) is 25.9 Å². The highest BCUT2D eigenvalue weighted by atomic mass is 16.6. The van der Waals surface area contributed by atoms with Gasteiger partial charge in [-0.2, -0.15) is 0 Å². The smallest absolute Gasteiger partial charge is 0.163 e. The molecular formula is C14H20N2O3. The van der Waals surface area contributed by atoms with Crippen LogP contribution in [0.1, 0.15) is 19.3 Å². The topological polar surface area (TPSA) is 57.0 Å². The van der Waals surface area contributed by atoms with Gasteiger partial charge in [0.25, 0.3) is 0 Å². The number of nitrogens with two attached hydrogens (primary N) is 1. The van der Waals surface area contributed by atoms with E-state index < -0.39 is 0 Å². The minimum Gasteiger partial charge on any atom is -0.486 e. The summed E-state index contributed by atoms with van der Waals surface area (Å²) in [7, 11) is 0. The van der Waals surface area contributed by atoms with Crippen LogP contribution in [0.5, 0.6) is 11.5 Å². The lowest BCUT2D eigenvalue weighted by Gasteiger charge is -2.37. The maximum absolute atomic E-state index is 5.64. The molecule has 2 aliphatic rings. The Kier molecular flexibility index (Phi) is 3.75. The van der Waals surface area contributed by atoms with E-state index in [2.05, 4.69) is 17.0 Å². The Balaban J connectivity index is 1.83. The first kappa shape index (κ1) is 12.6. The van der Waals surface area contributed by atoms with Crippen LogP contribution in [-0.2, 0) is 4.84 Å². The molecule has 104 valence electrons. The van der Waals surface area contributed by atoms with Gasteiger partial charge in [-0.3, -0.25) is 0 Å². The number of ether oxygens (including phenoxy) is 2. The van der Waals surface area contributed by atoms with Crippen LogP contribution in [0.25, 0.3) is 0 Å². The molecule has 2 aliphatic heterocycles. The van der Waals surface area contributed by atoms with Crippen LogP contribution in [0.4, 0.5) is 5.69 Å². The third-order valence-corrected chi connectivity index (χ3v) is 3.77. The number of benzene rings is 1. The predicted molar refractivity (Wildman–Crippen MR) is 72.6 cm³/mol. The first-order valence-electron chi connectivity index (χ1n) is 6.86. The van der Waals surface area contributed by atoms with Gasteiger partial charge in [0.15, 0.2) is 11.5 Å². The van der Waals surface area contributed by atoms with Gasteiger partial charge in [-0.1, -0.05) is 0 Å². The summed E-state index contributed by atoms with van der Waals surface area (Å²) < 4.78 is 11.2. The fourth-order valence-corrected chi connectivity index (χ4v) is 2.84. The van der Waals surface area contributed by atoms with E-state index in [1.807, 2.05) is 6.07 Å². The molecule has 1 atom stereocenters. The summed E-state index contributed by atoms with van der Waals surface area (Å²) >= 11 is 0. The zero-order valence-corrected chi connectivity index (χ0v) is 11.0. The summed E-state index contributed by atoms with van der Waals surface area (Å²) in [5.74, 6) is 6.91. The molecule has 0 radical (unpaired) electrons. The zero-order valence-electron chi connectivity index (χ0n) is 11.0. The van der Waals surface area contributed by atoms with Crippen LogP contribution in [0.3, 0.4) is 0 Å². The molecule has 0 spiro atoms. The van der Waals surface area contributed by atoms with Crippen LogP contribution in [0.2, 0.25) is 0 Å². The Hall–Kier alpha value is -1.46. The summed E-state index contributed by atoms with van der Waals surface area (Å²) in [5, 5.41) is 0. The summed E-state index contributed by atoms with van der Waals surface area (Å²) in [5.41, 5.74) is 1.16. The third-order valence-electron chi connectivity index (χ3n) is 3.77. The zero-order chi connectivity index (χ0) is 13.1. The number of hydrogen-bond acceptors (Lipinski definition) is 5. The molecular weight excluding hydrogens is 244 g/mol. The summed E-state index contributed by atoms with van der Waals surface area (Å²) in [4.78, 5) is 7.20. The minimum atomic E-state index is 0.348. The van der Waals surface area contributed by atoms with Crippen molar-refractivity contribution in [3.8, 4) is 11.5 Å². The van der Waals surface area contributed by atoms with Gasteiger partial charge < -0.3 is 19.2 Å². The number of piperidine rings is 1. The van der Waals surface area contributed by atoms with Gasteiger partial charge in [-0.15, -0.1) is 0 Å². The van der Waals surface area contributed by atoms with Crippen molar-refractivity contribution in [2.24, 2.45) is 5.90 Å². The second kappa shape index (κ2) is 5.67. The molecule has 1 unspecified atom stereocenters. The molecule has 3 rings (SSSR count). The number of fused-ring (bicyclic) bond motifs is 1. The van der Waals surface area contributed by atoms with E-state index in [-0.39, 0.29) is 0 Å². The Bertz CT molecular complexity index is 437. The minimum absolute atomic E-state index is 0.348. The van der Waals surface area contributed by atoms with Gasteiger partial charge in [-0.25, -0.2) is 5.90 Å².